The van der Waals surface area contributed by atoms with E-state index < -0.39 is 0 Å². The van der Waals surface area contributed by atoms with E-state index in [-0.39, 0.29) is 18.6 Å². The first-order valence-electron chi connectivity index (χ1n) is 6.35. The van der Waals surface area contributed by atoms with E-state index in [1.807, 2.05) is 4.90 Å². The highest BCUT2D eigenvalue weighted by atomic mass is 16.3. The Morgan fingerprint density at radius 2 is 2.39 bits per heavy atom. The number of hydrogen-bond donors (Lipinski definition) is 2. The van der Waals surface area contributed by atoms with Crippen LogP contribution in [0.1, 0.15) is 36.0 Å². The molecular weight excluding hydrogens is 230 g/mol. The van der Waals surface area contributed by atoms with Gasteiger partial charge in [-0.25, -0.2) is 4.98 Å². The van der Waals surface area contributed by atoms with Gasteiger partial charge in [-0.3, -0.25) is 4.79 Å². The van der Waals surface area contributed by atoms with Crippen LogP contribution in [0.2, 0.25) is 0 Å². The van der Waals surface area contributed by atoms with E-state index in [0.29, 0.717) is 17.8 Å². The van der Waals surface area contributed by atoms with E-state index in [9.17, 15) is 4.79 Å². The zero-order valence-corrected chi connectivity index (χ0v) is 10.4. The second kappa shape index (κ2) is 5.82. The zero-order chi connectivity index (χ0) is 13.0. The molecule has 1 fully saturated rings. The number of nitrogen functional groups attached to an aromatic ring is 1. The summed E-state index contributed by atoms with van der Waals surface area (Å²) in [4.78, 5) is 18.1. The third-order valence-electron chi connectivity index (χ3n) is 3.38. The summed E-state index contributed by atoms with van der Waals surface area (Å²) in [6, 6.07) is 3.43. The fourth-order valence-corrected chi connectivity index (χ4v) is 2.46. The molecule has 98 valence electrons. The first-order chi connectivity index (χ1) is 8.72. The van der Waals surface area contributed by atoms with Gasteiger partial charge in [-0.05, 0) is 37.8 Å². The number of likely N-dealkylation sites (tertiary alicyclic amines) is 1. The summed E-state index contributed by atoms with van der Waals surface area (Å²) in [5.74, 6) is 0.346. The van der Waals surface area contributed by atoms with Crippen LogP contribution in [0, 0.1) is 0 Å². The highest BCUT2D eigenvalue weighted by Crippen LogP contribution is 2.22. The minimum absolute atomic E-state index is 0.0118. The molecule has 5 nitrogen and oxygen atoms in total. The molecule has 1 atom stereocenters. The average Bonchev–Trinajstić information content (AvgIpc) is 2.39. The Hall–Kier alpha value is -1.62. The molecule has 0 saturated carbocycles. The quantitative estimate of drug-likeness (QED) is 0.839. The second-order valence-electron chi connectivity index (χ2n) is 4.63. The Morgan fingerprint density at radius 1 is 1.56 bits per heavy atom. The molecule has 0 radical (unpaired) electrons. The van der Waals surface area contributed by atoms with E-state index >= 15 is 0 Å². The molecule has 0 aliphatic carbocycles. The Kier molecular flexibility index (Phi) is 4.15. The number of aliphatic hydroxyl groups is 1. The van der Waals surface area contributed by atoms with E-state index in [4.69, 9.17) is 10.8 Å². The average molecular weight is 249 g/mol. The maximum atomic E-state index is 12.4. The van der Waals surface area contributed by atoms with Gasteiger partial charge in [0.2, 0.25) is 0 Å². The van der Waals surface area contributed by atoms with Crippen molar-refractivity contribution < 1.29 is 9.90 Å². The van der Waals surface area contributed by atoms with Crippen molar-refractivity contribution in [3.63, 3.8) is 0 Å². The minimum Gasteiger partial charge on any atom is -0.396 e. The summed E-state index contributed by atoms with van der Waals surface area (Å²) in [5, 5.41) is 9.06. The highest BCUT2D eigenvalue weighted by Gasteiger charge is 2.26. The Balaban J connectivity index is 2.15. The number of hydrogen-bond acceptors (Lipinski definition) is 4. The van der Waals surface area contributed by atoms with Crippen LogP contribution in [0.15, 0.2) is 18.3 Å². The lowest BCUT2D eigenvalue weighted by molar-refractivity contribution is 0.0574. The van der Waals surface area contributed by atoms with Crippen LogP contribution < -0.4 is 5.73 Å². The van der Waals surface area contributed by atoms with Gasteiger partial charge in [0, 0.05) is 31.0 Å². The Morgan fingerprint density at radius 3 is 3.11 bits per heavy atom. The number of carbonyl (C=O) groups excluding carboxylic acids is 1. The van der Waals surface area contributed by atoms with Gasteiger partial charge in [0.15, 0.2) is 0 Å². The highest BCUT2D eigenvalue weighted by molar-refractivity contribution is 5.95. The van der Waals surface area contributed by atoms with Crippen molar-refractivity contribution in [2.24, 2.45) is 0 Å². The number of anilines is 1. The number of rotatable bonds is 3. The van der Waals surface area contributed by atoms with Crippen molar-refractivity contribution >= 4 is 11.7 Å². The predicted octanol–water partition coefficient (Wildman–Crippen LogP) is 1.04. The molecule has 3 N–H and O–H groups in total. The molecule has 18 heavy (non-hydrogen) atoms. The van der Waals surface area contributed by atoms with Crippen molar-refractivity contribution in [2.75, 3.05) is 18.9 Å². The lowest BCUT2D eigenvalue weighted by atomic mass is 9.98. The van der Waals surface area contributed by atoms with Gasteiger partial charge in [-0.1, -0.05) is 0 Å². The smallest absolute Gasteiger partial charge is 0.254 e. The number of aromatic nitrogens is 1. The summed E-state index contributed by atoms with van der Waals surface area (Å²) in [5.41, 5.74) is 6.17. The predicted molar refractivity (Wildman–Crippen MR) is 69.0 cm³/mol. The molecule has 0 bridgehead atoms. The number of amides is 1. The lowest BCUT2D eigenvalue weighted by Crippen LogP contribution is -2.44. The van der Waals surface area contributed by atoms with Gasteiger partial charge < -0.3 is 15.7 Å². The molecule has 1 aromatic heterocycles. The normalized spacial score (nSPS) is 19.8. The van der Waals surface area contributed by atoms with Crippen molar-refractivity contribution in [1.82, 2.24) is 9.88 Å². The summed E-state index contributed by atoms with van der Waals surface area (Å²) < 4.78 is 0. The van der Waals surface area contributed by atoms with E-state index in [0.717, 1.165) is 25.8 Å². The van der Waals surface area contributed by atoms with Gasteiger partial charge >= 0.3 is 0 Å². The van der Waals surface area contributed by atoms with Crippen LogP contribution in [0.3, 0.4) is 0 Å². The topological polar surface area (TPSA) is 79.5 Å². The van der Waals surface area contributed by atoms with E-state index in [1.54, 1.807) is 18.3 Å². The number of nitrogens with two attached hydrogens (primary N) is 1. The van der Waals surface area contributed by atoms with E-state index in [2.05, 4.69) is 4.98 Å². The van der Waals surface area contributed by atoms with Crippen LogP contribution in [0.25, 0.3) is 0 Å². The van der Waals surface area contributed by atoms with Crippen LogP contribution >= 0.6 is 0 Å². The van der Waals surface area contributed by atoms with Crippen molar-refractivity contribution in [2.45, 2.75) is 31.7 Å². The van der Waals surface area contributed by atoms with Gasteiger partial charge in [-0.15, -0.1) is 0 Å². The molecule has 0 aromatic carbocycles. The van der Waals surface area contributed by atoms with Gasteiger partial charge in [0.25, 0.3) is 5.91 Å². The molecule has 1 aromatic rings. The summed E-state index contributed by atoms with van der Waals surface area (Å²) >= 11 is 0. The first kappa shape index (κ1) is 12.8. The molecule has 1 aliphatic heterocycles. The van der Waals surface area contributed by atoms with Crippen LogP contribution in [-0.4, -0.2) is 40.1 Å². The third kappa shape index (κ3) is 2.79. The molecule has 0 spiro atoms. The van der Waals surface area contributed by atoms with Crippen molar-refractivity contribution in [3.05, 3.63) is 23.9 Å². The van der Waals surface area contributed by atoms with Gasteiger partial charge in [-0.2, -0.15) is 0 Å². The summed E-state index contributed by atoms with van der Waals surface area (Å²) in [6.07, 6.45) is 5.30. The lowest BCUT2D eigenvalue weighted by Gasteiger charge is -2.35. The van der Waals surface area contributed by atoms with Crippen LogP contribution in [0.5, 0.6) is 0 Å². The van der Waals surface area contributed by atoms with Crippen molar-refractivity contribution in [3.8, 4) is 0 Å². The molecule has 2 heterocycles. The van der Waals surface area contributed by atoms with Crippen LogP contribution in [0.4, 0.5) is 5.82 Å². The molecule has 1 aliphatic rings. The molecular formula is C13H19N3O2. The first-order valence-corrected chi connectivity index (χ1v) is 6.35. The Bertz CT molecular complexity index is 420. The molecule has 5 heteroatoms. The molecule has 2 rings (SSSR count). The monoisotopic (exact) mass is 249 g/mol. The number of aliphatic hydroxyl groups excluding tert-OH is 1. The Labute approximate surface area is 107 Å². The number of nitrogens with zero attached hydrogens (tertiary/aromatic N) is 2. The number of piperidine rings is 1. The standard InChI is InChI=1S/C13H19N3O2/c14-12-9-10(4-6-15-12)13(18)16-7-2-1-3-11(16)5-8-17/h4,6,9,11,17H,1-3,5,7-8H2,(H2,14,15). The summed E-state index contributed by atoms with van der Waals surface area (Å²) in [7, 11) is 0. The number of carbonyl (C=O) groups is 1. The third-order valence-corrected chi connectivity index (χ3v) is 3.38. The molecule has 1 amide bonds. The molecule has 1 unspecified atom stereocenters. The van der Waals surface area contributed by atoms with Gasteiger partial charge in [0.05, 0.1) is 0 Å². The minimum atomic E-state index is -0.0118. The largest absolute Gasteiger partial charge is 0.396 e. The molecule has 1 saturated heterocycles. The number of pyridine rings is 1. The van der Waals surface area contributed by atoms with E-state index in [1.165, 1.54) is 0 Å². The summed E-state index contributed by atoms with van der Waals surface area (Å²) in [6.45, 7) is 0.874. The van der Waals surface area contributed by atoms with Crippen LogP contribution in [-0.2, 0) is 0 Å². The SMILES string of the molecule is Nc1cc(C(=O)N2CCCCC2CCO)ccn1. The van der Waals surface area contributed by atoms with Crippen molar-refractivity contribution in [1.29, 1.82) is 0 Å². The zero-order valence-electron chi connectivity index (χ0n) is 10.4. The fourth-order valence-electron chi connectivity index (χ4n) is 2.46. The maximum Gasteiger partial charge on any atom is 0.254 e. The fraction of sp³-hybridized carbons (Fsp3) is 0.538. The second-order valence-corrected chi connectivity index (χ2v) is 4.63. The van der Waals surface area contributed by atoms with Gasteiger partial charge in [0.1, 0.15) is 5.82 Å². The maximum absolute atomic E-state index is 12.4.